The molecule has 1 N–H and O–H groups in total. The Hall–Kier alpha value is -1.21. The van der Waals surface area contributed by atoms with Crippen molar-refractivity contribution in [2.75, 3.05) is 37.6 Å². The summed E-state index contributed by atoms with van der Waals surface area (Å²) >= 11 is 1.44. The van der Waals surface area contributed by atoms with Crippen LogP contribution in [0.1, 0.15) is 32.0 Å². The van der Waals surface area contributed by atoms with Crippen molar-refractivity contribution in [2.24, 2.45) is 0 Å². The zero-order valence-corrected chi connectivity index (χ0v) is 13.4. The SMILES string of the molecule is CCCc1nsc(N2CCCC2C(=O)N2CCNCC2)n1. The standard InChI is InChI=1S/C14H23N5OS/c1-2-4-12-16-14(21-17-12)19-8-3-5-11(19)13(20)18-9-6-15-7-10-18/h11,15H,2-10H2,1H3. The van der Waals surface area contributed by atoms with Gasteiger partial charge in [0.05, 0.1) is 0 Å². The van der Waals surface area contributed by atoms with E-state index in [1.807, 2.05) is 4.90 Å². The molecule has 1 amide bonds. The third-order valence-corrected chi connectivity index (χ3v) is 4.93. The highest BCUT2D eigenvalue weighted by Crippen LogP contribution is 2.28. The van der Waals surface area contributed by atoms with Crippen LogP contribution < -0.4 is 10.2 Å². The Morgan fingerprint density at radius 1 is 1.38 bits per heavy atom. The van der Waals surface area contributed by atoms with Gasteiger partial charge in [-0.05, 0) is 19.3 Å². The predicted molar refractivity (Wildman–Crippen MR) is 83.7 cm³/mol. The van der Waals surface area contributed by atoms with E-state index >= 15 is 0 Å². The molecule has 0 aliphatic carbocycles. The van der Waals surface area contributed by atoms with E-state index in [1.54, 1.807) is 0 Å². The van der Waals surface area contributed by atoms with E-state index in [4.69, 9.17) is 0 Å². The lowest BCUT2D eigenvalue weighted by Gasteiger charge is -2.32. The molecule has 6 nitrogen and oxygen atoms in total. The van der Waals surface area contributed by atoms with Crippen LogP contribution in [-0.2, 0) is 11.2 Å². The number of nitrogens with zero attached hydrogens (tertiary/aromatic N) is 4. The van der Waals surface area contributed by atoms with Gasteiger partial charge in [-0.2, -0.15) is 4.37 Å². The minimum atomic E-state index is -0.0365. The van der Waals surface area contributed by atoms with Crippen molar-refractivity contribution in [3.05, 3.63) is 5.82 Å². The van der Waals surface area contributed by atoms with Crippen LogP contribution in [0, 0.1) is 0 Å². The number of amides is 1. The molecule has 2 aliphatic rings. The van der Waals surface area contributed by atoms with E-state index in [-0.39, 0.29) is 11.9 Å². The number of carbonyl (C=O) groups is 1. The first-order valence-corrected chi connectivity index (χ1v) is 8.65. The Balaban J connectivity index is 1.70. The fraction of sp³-hybridized carbons (Fsp3) is 0.786. The van der Waals surface area contributed by atoms with Crippen LogP contribution in [0.4, 0.5) is 5.13 Å². The smallest absolute Gasteiger partial charge is 0.245 e. The molecule has 0 radical (unpaired) electrons. The van der Waals surface area contributed by atoms with Crippen LogP contribution in [0.2, 0.25) is 0 Å². The van der Waals surface area contributed by atoms with Crippen molar-refractivity contribution < 1.29 is 4.79 Å². The van der Waals surface area contributed by atoms with Gasteiger partial charge in [0.25, 0.3) is 0 Å². The number of aromatic nitrogens is 2. The Morgan fingerprint density at radius 3 is 2.95 bits per heavy atom. The molecule has 1 atom stereocenters. The van der Waals surface area contributed by atoms with Crippen LogP contribution in [-0.4, -0.2) is 58.9 Å². The summed E-state index contributed by atoms with van der Waals surface area (Å²) in [5.41, 5.74) is 0. The molecule has 1 aromatic rings. The first-order chi connectivity index (χ1) is 10.3. The summed E-state index contributed by atoms with van der Waals surface area (Å²) in [6, 6.07) is -0.0365. The summed E-state index contributed by atoms with van der Waals surface area (Å²) < 4.78 is 4.41. The lowest BCUT2D eigenvalue weighted by Crippen LogP contribution is -2.52. The van der Waals surface area contributed by atoms with Gasteiger partial charge in [0.1, 0.15) is 11.9 Å². The molecule has 3 rings (SSSR count). The maximum absolute atomic E-state index is 12.7. The second-order valence-electron chi connectivity index (χ2n) is 5.67. The Labute approximate surface area is 129 Å². The minimum Gasteiger partial charge on any atom is -0.338 e. The molecule has 2 saturated heterocycles. The van der Waals surface area contributed by atoms with E-state index in [1.165, 1.54) is 11.5 Å². The summed E-state index contributed by atoms with van der Waals surface area (Å²) in [6.45, 7) is 6.49. The molecule has 1 aromatic heterocycles. The van der Waals surface area contributed by atoms with Gasteiger partial charge in [-0.15, -0.1) is 0 Å². The van der Waals surface area contributed by atoms with E-state index < -0.39 is 0 Å². The van der Waals surface area contributed by atoms with Crippen molar-refractivity contribution in [2.45, 2.75) is 38.6 Å². The maximum Gasteiger partial charge on any atom is 0.245 e. The van der Waals surface area contributed by atoms with Gasteiger partial charge in [-0.3, -0.25) is 4.79 Å². The number of rotatable bonds is 4. The summed E-state index contributed by atoms with van der Waals surface area (Å²) in [5, 5.41) is 4.21. The minimum absolute atomic E-state index is 0.0365. The summed E-state index contributed by atoms with van der Waals surface area (Å²) in [7, 11) is 0. The van der Waals surface area contributed by atoms with Crippen molar-refractivity contribution in [1.29, 1.82) is 0 Å². The molecule has 0 bridgehead atoms. The molecule has 7 heteroatoms. The molecule has 0 spiro atoms. The second-order valence-corrected chi connectivity index (χ2v) is 6.40. The lowest BCUT2D eigenvalue weighted by atomic mass is 10.2. The van der Waals surface area contributed by atoms with Gasteiger partial charge in [-0.25, -0.2) is 4.98 Å². The summed E-state index contributed by atoms with van der Waals surface area (Å²) in [5.74, 6) is 1.18. The molecular weight excluding hydrogens is 286 g/mol. The Kier molecular flexibility index (Phi) is 4.70. The molecule has 0 saturated carbocycles. The molecule has 1 unspecified atom stereocenters. The summed E-state index contributed by atoms with van der Waals surface area (Å²) in [6.07, 6.45) is 3.97. The number of aryl methyl sites for hydroxylation is 1. The number of anilines is 1. The third-order valence-electron chi connectivity index (χ3n) is 4.14. The first kappa shape index (κ1) is 14.7. The van der Waals surface area contributed by atoms with Gasteiger partial charge in [0, 0.05) is 50.7 Å². The van der Waals surface area contributed by atoms with E-state index in [2.05, 4.69) is 26.5 Å². The highest BCUT2D eigenvalue weighted by Gasteiger charge is 2.35. The van der Waals surface area contributed by atoms with Crippen LogP contribution >= 0.6 is 11.5 Å². The number of piperazine rings is 1. The number of hydrogen-bond donors (Lipinski definition) is 1. The normalized spacial score (nSPS) is 22.8. The highest BCUT2D eigenvalue weighted by atomic mass is 32.1. The molecule has 2 fully saturated rings. The molecular formula is C14H23N5OS. The fourth-order valence-corrected chi connectivity index (χ4v) is 3.82. The van der Waals surface area contributed by atoms with Crippen LogP contribution in [0.25, 0.3) is 0 Å². The average Bonchev–Trinajstić information content (AvgIpc) is 3.16. The van der Waals surface area contributed by atoms with Gasteiger partial charge < -0.3 is 15.1 Å². The zero-order valence-electron chi connectivity index (χ0n) is 12.5. The van der Waals surface area contributed by atoms with Gasteiger partial charge in [-0.1, -0.05) is 6.92 Å². The Bertz CT molecular complexity index is 485. The van der Waals surface area contributed by atoms with Crippen LogP contribution in [0.5, 0.6) is 0 Å². The largest absolute Gasteiger partial charge is 0.338 e. The number of nitrogens with one attached hydrogen (secondary N) is 1. The molecule has 2 aliphatic heterocycles. The van der Waals surface area contributed by atoms with Crippen LogP contribution in [0.15, 0.2) is 0 Å². The quantitative estimate of drug-likeness (QED) is 0.895. The summed E-state index contributed by atoms with van der Waals surface area (Å²) in [4.78, 5) is 21.5. The highest BCUT2D eigenvalue weighted by molar-refractivity contribution is 7.09. The maximum atomic E-state index is 12.7. The van der Waals surface area contributed by atoms with Crippen molar-refractivity contribution in [3.8, 4) is 0 Å². The number of hydrogen-bond acceptors (Lipinski definition) is 6. The molecule has 0 aromatic carbocycles. The molecule has 3 heterocycles. The van der Waals surface area contributed by atoms with Crippen LogP contribution in [0.3, 0.4) is 0 Å². The first-order valence-electron chi connectivity index (χ1n) is 7.88. The molecule has 21 heavy (non-hydrogen) atoms. The fourth-order valence-electron chi connectivity index (χ4n) is 3.03. The predicted octanol–water partition coefficient (Wildman–Crippen LogP) is 0.891. The third kappa shape index (κ3) is 3.18. The lowest BCUT2D eigenvalue weighted by molar-refractivity contribution is -0.132. The topological polar surface area (TPSA) is 61.4 Å². The Morgan fingerprint density at radius 2 is 2.19 bits per heavy atom. The van der Waals surface area contributed by atoms with Crippen molar-refractivity contribution in [3.63, 3.8) is 0 Å². The monoisotopic (exact) mass is 309 g/mol. The average molecular weight is 309 g/mol. The molecule has 116 valence electrons. The van der Waals surface area contributed by atoms with Gasteiger partial charge in [0.15, 0.2) is 0 Å². The van der Waals surface area contributed by atoms with Crippen molar-refractivity contribution in [1.82, 2.24) is 19.6 Å². The number of carbonyl (C=O) groups excluding carboxylic acids is 1. The van der Waals surface area contributed by atoms with E-state index in [9.17, 15) is 4.79 Å². The van der Waals surface area contributed by atoms with E-state index in [0.29, 0.717) is 0 Å². The van der Waals surface area contributed by atoms with Gasteiger partial charge in [0.2, 0.25) is 11.0 Å². The zero-order chi connectivity index (χ0) is 14.7. The van der Waals surface area contributed by atoms with Crippen molar-refractivity contribution >= 4 is 22.6 Å². The second kappa shape index (κ2) is 6.70. The van der Waals surface area contributed by atoms with E-state index in [0.717, 1.165) is 69.4 Å². The van der Waals surface area contributed by atoms with Gasteiger partial charge >= 0.3 is 0 Å².